The Morgan fingerprint density at radius 1 is 1.25 bits per heavy atom. The highest BCUT2D eigenvalue weighted by Crippen LogP contribution is 2.23. The summed E-state index contributed by atoms with van der Waals surface area (Å²) in [4.78, 5) is 0. The van der Waals surface area contributed by atoms with Crippen molar-refractivity contribution >= 4 is 0 Å². The van der Waals surface area contributed by atoms with Crippen LogP contribution in [0.2, 0.25) is 0 Å². The van der Waals surface area contributed by atoms with Crippen molar-refractivity contribution in [3.8, 4) is 0 Å². The zero-order valence-corrected chi connectivity index (χ0v) is 9.62. The predicted octanol–water partition coefficient (Wildman–Crippen LogP) is -0.243. The van der Waals surface area contributed by atoms with Crippen LogP contribution >= 0.6 is 0 Å². The summed E-state index contributed by atoms with van der Waals surface area (Å²) >= 11 is 0. The third-order valence-corrected chi connectivity index (χ3v) is 2.97. The molecule has 1 heterocycles. The minimum absolute atomic E-state index is 0.0145. The lowest BCUT2D eigenvalue weighted by Gasteiger charge is -2.37. The van der Waals surface area contributed by atoms with E-state index in [1.807, 2.05) is 0 Å². The predicted molar refractivity (Wildman–Crippen MR) is 57.7 cm³/mol. The third kappa shape index (κ3) is 3.68. The van der Waals surface area contributed by atoms with Crippen LogP contribution in [0.3, 0.4) is 0 Å². The molecule has 1 aliphatic heterocycles. The second-order valence-electron chi connectivity index (χ2n) is 4.41. The van der Waals surface area contributed by atoms with E-state index in [1.54, 1.807) is 0 Å². The van der Waals surface area contributed by atoms with E-state index in [-0.39, 0.29) is 6.42 Å². The van der Waals surface area contributed by atoms with Gasteiger partial charge in [0, 0.05) is 6.42 Å². The zero-order valence-electron chi connectivity index (χ0n) is 9.62. The van der Waals surface area contributed by atoms with Crippen LogP contribution in [0.15, 0.2) is 0 Å². The Labute approximate surface area is 95.7 Å². The monoisotopic (exact) mass is 234 g/mol. The van der Waals surface area contributed by atoms with Gasteiger partial charge in [0.25, 0.3) is 0 Å². The standard InChI is InChI=1S/C11H22O5/c1-2-3-4-5-7(12)11-10(15)8(13)6-9(14)16-11/h7-15H,2-6H2,1H3/t7?,8-,9+,10+,11-/m1/s1. The van der Waals surface area contributed by atoms with Gasteiger partial charge in [0.2, 0.25) is 0 Å². The largest absolute Gasteiger partial charge is 0.390 e. The first-order valence-electron chi connectivity index (χ1n) is 5.94. The number of hydrogen-bond acceptors (Lipinski definition) is 5. The molecule has 1 aliphatic rings. The highest BCUT2D eigenvalue weighted by atomic mass is 16.6. The van der Waals surface area contributed by atoms with Crippen molar-refractivity contribution in [3.05, 3.63) is 0 Å². The zero-order chi connectivity index (χ0) is 12.1. The van der Waals surface area contributed by atoms with E-state index in [1.165, 1.54) is 0 Å². The number of rotatable bonds is 5. The lowest BCUT2D eigenvalue weighted by Crippen LogP contribution is -2.53. The van der Waals surface area contributed by atoms with Crippen LogP contribution < -0.4 is 0 Å². The van der Waals surface area contributed by atoms with Gasteiger partial charge < -0.3 is 25.2 Å². The molecule has 0 bridgehead atoms. The van der Waals surface area contributed by atoms with Crippen molar-refractivity contribution < 1.29 is 25.2 Å². The number of unbranched alkanes of at least 4 members (excludes halogenated alkanes) is 2. The van der Waals surface area contributed by atoms with E-state index < -0.39 is 30.7 Å². The average molecular weight is 234 g/mol. The molecule has 96 valence electrons. The fraction of sp³-hybridized carbons (Fsp3) is 1.00. The summed E-state index contributed by atoms with van der Waals surface area (Å²) in [6.07, 6.45) is -1.61. The van der Waals surface area contributed by atoms with Gasteiger partial charge in [-0.15, -0.1) is 0 Å². The summed E-state index contributed by atoms with van der Waals surface area (Å²) in [5.74, 6) is 0. The van der Waals surface area contributed by atoms with E-state index in [2.05, 4.69) is 6.92 Å². The van der Waals surface area contributed by atoms with Crippen molar-refractivity contribution in [2.24, 2.45) is 0 Å². The van der Waals surface area contributed by atoms with Crippen LogP contribution in [0.25, 0.3) is 0 Å². The molecule has 5 atom stereocenters. The maximum atomic E-state index is 9.80. The Kier molecular flexibility index (Phi) is 5.64. The summed E-state index contributed by atoms with van der Waals surface area (Å²) in [6.45, 7) is 2.06. The number of hydrogen-bond donors (Lipinski definition) is 4. The third-order valence-electron chi connectivity index (χ3n) is 2.97. The summed E-state index contributed by atoms with van der Waals surface area (Å²) < 4.78 is 5.06. The van der Waals surface area contributed by atoms with Gasteiger partial charge in [-0.25, -0.2) is 0 Å². The molecule has 1 fully saturated rings. The smallest absolute Gasteiger partial charge is 0.157 e. The summed E-state index contributed by atoms with van der Waals surface area (Å²) in [5, 5.41) is 38.2. The Morgan fingerprint density at radius 3 is 2.56 bits per heavy atom. The first-order valence-corrected chi connectivity index (χ1v) is 5.94. The summed E-state index contributed by atoms with van der Waals surface area (Å²) in [5.41, 5.74) is 0. The fourth-order valence-electron chi connectivity index (χ4n) is 1.97. The van der Waals surface area contributed by atoms with Gasteiger partial charge in [-0.05, 0) is 6.42 Å². The molecule has 1 saturated heterocycles. The highest BCUT2D eigenvalue weighted by Gasteiger charge is 2.39. The lowest BCUT2D eigenvalue weighted by molar-refractivity contribution is -0.254. The summed E-state index contributed by atoms with van der Waals surface area (Å²) in [6, 6.07) is 0. The Hall–Kier alpha value is -0.200. The Morgan fingerprint density at radius 2 is 1.94 bits per heavy atom. The molecule has 5 heteroatoms. The van der Waals surface area contributed by atoms with Gasteiger partial charge in [0.05, 0.1) is 12.2 Å². The van der Waals surface area contributed by atoms with Crippen LogP contribution in [-0.2, 0) is 4.74 Å². The van der Waals surface area contributed by atoms with Gasteiger partial charge in [-0.3, -0.25) is 0 Å². The number of ether oxygens (including phenoxy) is 1. The van der Waals surface area contributed by atoms with Gasteiger partial charge in [0.1, 0.15) is 12.2 Å². The van der Waals surface area contributed by atoms with Crippen LogP contribution in [-0.4, -0.2) is 51.1 Å². The van der Waals surface area contributed by atoms with E-state index in [0.717, 1.165) is 19.3 Å². The van der Waals surface area contributed by atoms with Crippen LogP contribution in [0.4, 0.5) is 0 Å². The molecular formula is C11H22O5. The van der Waals surface area contributed by atoms with Crippen molar-refractivity contribution in [2.45, 2.75) is 69.7 Å². The quantitative estimate of drug-likeness (QED) is 0.493. The maximum Gasteiger partial charge on any atom is 0.157 e. The average Bonchev–Trinajstić information content (AvgIpc) is 2.23. The van der Waals surface area contributed by atoms with Crippen molar-refractivity contribution in [1.29, 1.82) is 0 Å². The maximum absolute atomic E-state index is 9.80. The van der Waals surface area contributed by atoms with Gasteiger partial charge in [-0.1, -0.05) is 26.2 Å². The molecule has 1 rings (SSSR count). The number of aliphatic hydroxyl groups excluding tert-OH is 4. The van der Waals surface area contributed by atoms with Crippen LogP contribution in [0.1, 0.15) is 39.0 Å². The highest BCUT2D eigenvalue weighted by molar-refractivity contribution is 4.86. The molecule has 0 aliphatic carbocycles. The topological polar surface area (TPSA) is 90.2 Å². The van der Waals surface area contributed by atoms with Gasteiger partial charge >= 0.3 is 0 Å². The molecule has 0 aromatic heterocycles. The molecule has 0 spiro atoms. The van der Waals surface area contributed by atoms with Crippen molar-refractivity contribution in [1.82, 2.24) is 0 Å². The number of aliphatic hydroxyl groups is 4. The normalized spacial score (nSPS) is 37.3. The van der Waals surface area contributed by atoms with Gasteiger partial charge in [-0.2, -0.15) is 0 Å². The molecule has 0 aromatic rings. The minimum Gasteiger partial charge on any atom is -0.390 e. The fourth-order valence-corrected chi connectivity index (χ4v) is 1.97. The second-order valence-corrected chi connectivity index (χ2v) is 4.41. The molecule has 0 saturated carbocycles. The summed E-state index contributed by atoms with van der Waals surface area (Å²) in [7, 11) is 0. The molecule has 1 unspecified atom stereocenters. The second kappa shape index (κ2) is 6.51. The van der Waals surface area contributed by atoms with Crippen molar-refractivity contribution in [3.63, 3.8) is 0 Å². The molecule has 16 heavy (non-hydrogen) atoms. The Bertz CT molecular complexity index is 199. The molecule has 5 nitrogen and oxygen atoms in total. The first kappa shape index (κ1) is 13.9. The molecule has 0 amide bonds. The lowest BCUT2D eigenvalue weighted by atomic mass is 9.94. The minimum atomic E-state index is -1.12. The van der Waals surface area contributed by atoms with E-state index >= 15 is 0 Å². The Balaban J connectivity index is 2.42. The molecule has 4 N–H and O–H groups in total. The van der Waals surface area contributed by atoms with Crippen LogP contribution in [0, 0.1) is 0 Å². The van der Waals surface area contributed by atoms with Gasteiger partial charge in [0.15, 0.2) is 6.29 Å². The SMILES string of the molecule is CCCCCC(O)[C@H]1O[C@H](O)C[C@@H](O)[C@@H]1O. The molecular weight excluding hydrogens is 212 g/mol. The van der Waals surface area contributed by atoms with E-state index in [9.17, 15) is 20.4 Å². The van der Waals surface area contributed by atoms with Crippen molar-refractivity contribution in [2.75, 3.05) is 0 Å². The van der Waals surface area contributed by atoms with Crippen LogP contribution in [0.5, 0.6) is 0 Å². The molecule has 0 aromatic carbocycles. The molecule has 0 radical (unpaired) electrons. The van der Waals surface area contributed by atoms with E-state index in [4.69, 9.17) is 4.74 Å². The van der Waals surface area contributed by atoms with E-state index in [0.29, 0.717) is 6.42 Å². The first-order chi connectivity index (χ1) is 7.56.